The molecule has 5 rings (SSSR count). The van der Waals surface area contributed by atoms with Crippen LogP contribution < -0.4 is 5.32 Å². The first-order valence-corrected chi connectivity index (χ1v) is 10.9. The van der Waals surface area contributed by atoms with Gasteiger partial charge in [0, 0.05) is 37.8 Å². The highest BCUT2D eigenvalue weighted by molar-refractivity contribution is 5.94. The van der Waals surface area contributed by atoms with Crippen molar-refractivity contribution in [1.82, 2.24) is 14.5 Å². The summed E-state index contributed by atoms with van der Waals surface area (Å²) in [6, 6.07) is 6.17. The second-order valence-electron chi connectivity index (χ2n) is 8.58. The van der Waals surface area contributed by atoms with Crippen LogP contribution in [-0.4, -0.2) is 46.2 Å². The van der Waals surface area contributed by atoms with E-state index >= 15 is 0 Å². The van der Waals surface area contributed by atoms with Crippen LogP contribution in [0.2, 0.25) is 0 Å². The van der Waals surface area contributed by atoms with E-state index in [1.54, 1.807) is 0 Å². The number of anilines is 1. The van der Waals surface area contributed by atoms with Crippen LogP contribution in [0.3, 0.4) is 0 Å². The van der Waals surface area contributed by atoms with Gasteiger partial charge in [-0.05, 0) is 43.9 Å². The Hall–Kier alpha value is -1.92. The van der Waals surface area contributed by atoms with Crippen LogP contribution in [0.15, 0.2) is 18.2 Å². The van der Waals surface area contributed by atoms with Crippen molar-refractivity contribution >= 4 is 22.6 Å². The molecule has 1 atom stereocenters. The number of hydrogen-bond acceptors (Lipinski definition) is 4. The predicted molar refractivity (Wildman–Crippen MR) is 109 cm³/mol. The van der Waals surface area contributed by atoms with E-state index in [-0.39, 0.29) is 11.8 Å². The van der Waals surface area contributed by atoms with Gasteiger partial charge in [-0.25, -0.2) is 4.98 Å². The zero-order chi connectivity index (χ0) is 18.9. The highest BCUT2D eigenvalue weighted by Crippen LogP contribution is 2.27. The van der Waals surface area contributed by atoms with Gasteiger partial charge in [0.15, 0.2) is 0 Å². The van der Waals surface area contributed by atoms with Crippen molar-refractivity contribution in [2.75, 3.05) is 25.0 Å². The van der Waals surface area contributed by atoms with Gasteiger partial charge in [-0.15, -0.1) is 0 Å². The quantitative estimate of drug-likeness (QED) is 0.879. The van der Waals surface area contributed by atoms with Crippen molar-refractivity contribution in [3.63, 3.8) is 0 Å². The number of hydrogen-bond donors (Lipinski definition) is 1. The van der Waals surface area contributed by atoms with E-state index in [1.807, 2.05) is 12.1 Å². The van der Waals surface area contributed by atoms with Crippen LogP contribution >= 0.6 is 0 Å². The Balaban J connectivity index is 1.29. The van der Waals surface area contributed by atoms with Gasteiger partial charge < -0.3 is 14.6 Å². The Morgan fingerprint density at radius 2 is 2.04 bits per heavy atom. The number of fused-ring (bicyclic) bond motifs is 3. The number of ether oxygens (including phenoxy) is 1. The van der Waals surface area contributed by atoms with E-state index in [4.69, 9.17) is 9.72 Å². The Bertz CT molecular complexity index is 850. The van der Waals surface area contributed by atoms with Crippen molar-refractivity contribution in [3.8, 4) is 0 Å². The third kappa shape index (κ3) is 3.67. The minimum Gasteiger partial charge on any atom is -0.377 e. The summed E-state index contributed by atoms with van der Waals surface area (Å²) in [5.74, 6) is 1.46. The minimum atomic E-state index is 0.172. The fourth-order valence-electron chi connectivity index (χ4n) is 4.99. The van der Waals surface area contributed by atoms with Crippen LogP contribution in [0.25, 0.3) is 11.0 Å². The first-order valence-electron chi connectivity index (χ1n) is 10.9. The van der Waals surface area contributed by atoms with Gasteiger partial charge >= 0.3 is 0 Å². The van der Waals surface area contributed by atoms with Gasteiger partial charge in [-0.1, -0.05) is 19.3 Å². The second kappa shape index (κ2) is 7.84. The standard InChI is InChI=1S/C22H30N4O2/c27-22(16-5-2-1-3-6-16)23-17-8-9-20-19(13-17)24-21-15-25(10-11-26(20)21)14-18-7-4-12-28-18/h8-9,13,16,18H,1-7,10-12,14-15H2,(H,23,27)/t18-/m1/s1. The number of nitrogens with zero attached hydrogens (tertiary/aromatic N) is 3. The van der Waals surface area contributed by atoms with Crippen molar-refractivity contribution in [1.29, 1.82) is 0 Å². The molecule has 3 heterocycles. The van der Waals surface area contributed by atoms with E-state index in [1.165, 1.54) is 37.6 Å². The predicted octanol–water partition coefficient (Wildman–Crippen LogP) is 3.55. The smallest absolute Gasteiger partial charge is 0.227 e. The van der Waals surface area contributed by atoms with Crippen molar-refractivity contribution < 1.29 is 9.53 Å². The molecule has 0 unspecified atom stereocenters. The Morgan fingerprint density at radius 1 is 1.14 bits per heavy atom. The molecule has 0 radical (unpaired) electrons. The van der Waals surface area contributed by atoms with Crippen LogP contribution in [-0.2, 0) is 22.6 Å². The molecule has 6 heteroatoms. The van der Waals surface area contributed by atoms with E-state index in [2.05, 4.69) is 20.9 Å². The van der Waals surface area contributed by atoms with Gasteiger partial charge in [0.2, 0.25) is 5.91 Å². The third-order valence-corrected chi connectivity index (χ3v) is 6.56. The molecule has 2 fully saturated rings. The fraction of sp³-hybridized carbons (Fsp3) is 0.636. The summed E-state index contributed by atoms with van der Waals surface area (Å²) in [6.07, 6.45) is 8.40. The number of nitrogens with one attached hydrogen (secondary N) is 1. The lowest BCUT2D eigenvalue weighted by Crippen LogP contribution is -2.38. The van der Waals surface area contributed by atoms with E-state index in [0.717, 1.165) is 62.7 Å². The van der Waals surface area contributed by atoms with Crippen LogP contribution in [0.4, 0.5) is 5.69 Å². The Morgan fingerprint density at radius 3 is 2.86 bits per heavy atom. The molecule has 28 heavy (non-hydrogen) atoms. The molecule has 1 N–H and O–H groups in total. The summed E-state index contributed by atoms with van der Waals surface area (Å²) in [5, 5.41) is 3.13. The third-order valence-electron chi connectivity index (χ3n) is 6.56. The van der Waals surface area contributed by atoms with Crippen LogP contribution in [0, 0.1) is 5.92 Å². The fourth-order valence-corrected chi connectivity index (χ4v) is 4.99. The molecule has 0 bridgehead atoms. The number of carbonyl (C=O) groups is 1. The number of rotatable bonds is 4. The van der Waals surface area contributed by atoms with Crippen molar-refractivity contribution in [3.05, 3.63) is 24.0 Å². The monoisotopic (exact) mass is 382 g/mol. The van der Waals surface area contributed by atoms with Gasteiger partial charge in [0.1, 0.15) is 5.82 Å². The molecule has 2 aromatic rings. The molecular weight excluding hydrogens is 352 g/mol. The number of benzene rings is 1. The maximum Gasteiger partial charge on any atom is 0.227 e. The average molecular weight is 383 g/mol. The molecule has 150 valence electrons. The van der Waals surface area contributed by atoms with E-state index < -0.39 is 0 Å². The lowest BCUT2D eigenvalue weighted by atomic mass is 9.88. The first kappa shape index (κ1) is 18.1. The summed E-state index contributed by atoms with van der Waals surface area (Å²) in [4.78, 5) is 19.9. The van der Waals surface area contributed by atoms with Crippen molar-refractivity contribution in [2.24, 2.45) is 5.92 Å². The molecular formula is C22H30N4O2. The molecule has 1 saturated heterocycles. The molecule has 1 aromatic carbocycles. The number of amides is 1. The molecule has 6 nitrogen and oxygen atoms in total. The summed E-state index contributed by atoms with van der Waals surface area (Å²) in [6.45, 7) is 4.79. The van der Waals surface area contributed by atoms with Gasteiger partial charge in [0.25, 0.3) is 0 Å². The summed E-state index contributed by atoms with van der Waals surface area (Å²) in [7, 11) is 0. The highest BCUT2D eigenvalue weighted by Gasteiger charge is 2.25. The molecule has 1 aliphatic carbocycles. The lowest BCUT2D eigenvalue weighted by Gasteiger charge is -2.29. The minimum absolute atomic E-state index is 0.172. The first-order chi connectivity index (χ1) is 13.8. The second-order valence-corrected chi connectivity index (χ2v) is 8.58. The van der Waals surface area contributed by atoms with Crippen LogP contribution in [0.5, 0.6) is 0 Å². The van der Waals surface area contributed by atoms with E-state index in [9.17, 15) is 4.79 Å². The number of carbonyl (C=O) groups excluding carboxylic acids is 1. The Labute approximate surface area is 166 Å². The zero-order valence-electron chi connectivity index (χ0n) is 16.5. The summed E-state index contributed by atoms with van der Waals surface area (Å²) >= 11 is 0. The molecule has 0 spiro atoms. The average Bonchev–Trinajstić information content (AvgIpc) is 3.35. The lowest BCUT2D eigenvalue weighted by molar-refractivity contribution is -0.120. The van der Waals surface area contributed by atoms with Crippen molar-refractivity contribution in [2.45, 2.75) is 64.1 Å². The maximum absolute atomic E-state index is 12.6. The molecule has 3 aliphatic rings. The number of aromatic nitrogens is 2. The molecule has 2 aliphatic heterocycles. The Kier molecular flexibility index (Phi) is 5.07. The number of imidazole rings is 1. The largest absolute Gasteiger partial charge is 0.377 e. The topological polar surface area (TPSA) is 59.4 Å². The van der Waals surface area contributed by atoms with E-state index in [0.29, 0.717) is 6.10 Å². The molecule has 1 aromatic heterocycles. The van der Waals surface area contributed by atoms with Gasteiger partial charge in [0.05, 0.1) is 23.7 Å². The normalized spacial score (nSPS) is 23.8. The van der Waals surface area contributed by atoms with Gasteiger partial charge in [-0.2, -0.15) is 0 Å². The SMILES string of the molecule is O=C(Nc1ccc2c(c1)nc1n2CCN(C[C@H]2CCCO2)C1)C1CCCCC1. The van der Waals surface area contributed by atoms with Gasteiger partial charge in [-0.3, -0.25) is 9.69 Å². The summed E-state index contributed by atoms with van der Waals surface area (Å²) < 4.78 is 8.12. The maximum atomic E-state index is 12.6. The highest BCUT2D eigenvalue weighted by atomic mass is 16.5. The molecule has 1 amide bonds. The summed E-state index contributed by atoms with van der Waals surface area (Å²) in [5.41, 5.74) is 3.02. The van der Waals surface area contributed by atoms with Crippen LogP contribution in [0.1, 0.15) is 50.8 Å². The molecule has 1 saturated carbocycles. The zero-order valence-corrected chi connectivity index (χ0v) is 16.5.